The molecular weight excluding hydrogens is 468 g/mol. The number of rotatable bonds is 17. The van der Waals surface area contributed by atoms with E-state index < -0.39 is 18.1 Å². The van der Waals surface area contributed by atoms with E-state index in [0.29, 0.717) is 19.3 Å². The third kappa shape index (κ3) is 11.3. The molecule has 0 bridgehead atoms. The van der Waals surface area contributed by atoms with E-state index in [0.717, 1.165) is 17.5 Å². The van der Waals surface area contributed by atoms with Crippen LogP contribution in [0.15, 0.2) is 86.0 Å². The summed E-state index contributed by atoms with van der Waals surface area (Å²) in [7, 11) is 0. The first-order chi connectivity index (χ1) is 18.0. The van der Waals surface area contributed by atoms with E-state index >= 15 is 0 Å². The van der Waals surface area contributed by atoms with E-state index in [4.69, 9.17) is 4.74 Å². The molecule has 3 atom stereocenters. The number of ether oxygens (including phenoxy) is 1. The van der Waals surface area contributed by atoms with Gasteiger partial charge in [-0.1, -0.05) is 72.8 Å². The van der Waals surface area contributed by atoms with Gasteiger partial charge in [-0.3, -0.25) is 14.4 Å². The number of hydrogen-bond acceptors (Lipinski definition) is 5. The number of carbonyl (C=O) groups excluding carboxylic acids is 3. The van der Waals surface area contributed by atoms with Crippen LogP contribution in [-0.2, 0) is 25.5 Å². The fourth-order valence-corrected chi connectivity index (χ4v) is 3.90. The lowest BCUT2D eigenvalue weighted by Crippen LogP contribution is -2.42. The summed E-state index contributed by atoms with van der Waals surface area (Å²) >= 11 is 0. The molecule has 7 heteroatoms. The van der Waals surface area contributed by atoms with Gasteiger partial charge >= 0.3 is 5.97 Å². The van der Waals surface area contributed by atoms with Gasteiger partial charge in [0, 0.05) is 12.8 Å². The highest BCUT2D eigenvalue weighted by Gasteiger charge is 2.24. The quantitative estimate of drug-likeness (QED) is 0.171. The zero-order chi connectivity index (χ0) is 26.9. The maximum absolute atomic E-state index is 13.0. The minimum Gasteiger partial charge on any atom is -0.456 e. The monoisotopic (exact) mass is 506 g/mol. The molecule has 2 aromatic carbocycles. The molecule has 0 radical (unpaired) electrons. The van der Waals surface area contributed by atoms with Gasteiger partial charge in [0.15, 0.2) is 0 Å². The Balaban J connectivity index is 1.97. The first-order valence-corrected chi connectivity index (χ1v) is 12.6. The van der Waals surface area contributed by atoms with Crippen LogP contribution in [0.4, 0.5) is 0 Å². The lowest BCUT2D eigenvalue weighted by molar-refractivity contribution is -0.150. The number of unbranched alkanes of at least 4 members (excludes halogenated alkanes) is 1. The number of hydrogen-bond donors (Lipinski definition) is 3. The van der Waals surface area contributed by atoms with E-state index in [1.165, 1.54) is 0 Å². The fraction of sp³-hybridized carbons (Fsp3) is 0.367. The predicted molar refractivity (Wildman–Crippen MR) is 144 cm³/mol. The zero-order valence-corrected chi connectivity index (χ0v) is 21.3. The van der Waals surface area contributed by atoms with Crippen molar-refractivity contribution in [2.24, 2.45) is 5.92 Å². The smallest absolute Gasteiger partial charge is 0.306 e. The van der Waals surface area contributed by atoms with Crippen molar-refractivity contribution >= 4 is 17.8 Å². The van der Waals surface area contributed by atoms with Crippen molar-refractivity contribution in [1.29, 1.82) is 0 Å². The van der Waals surface area contributed by atoms with Crippen LogP contribution in [0.3, 0.4) is 0 Å². The summed E-state index contributed by atoms with van der Waals surface area (Å²) in [4.78, 5) is 38.1. The minimum absolute atomic E-state index is 0.0551. The Morgan fingerprint density at radius 3 is 2.27 bits per heavy atom. The van der Waals surface area contributed by atoms with Crippen LogP contribution in [-0.4, -0.2) is 42.1 Å². The summed E-state index contributed by atoms with van der Waals surface area (Å²) in [5.74, 6) is -1.65. The van der Waals surface area contributed by atoms with Crippen molar-refractivity contribution in [2.75, 3.05) is 13.2 Å². The van der Waals surface area contributed by atoms with Crippen molar-refractivity contribution in [1.82, 2.24) is 10.6 Å². The molecule has 0 spiro atoms. The Hall–Kier alpha value is -3.71. The van der Waals surface area contributed by atoms with Crippen molar-refractivity contribution in [3.05, 3.63) is 97.1 Å². The summed E-state index contributed by atoms with van der Waals surface area (Å²) in [5, 5.41) is 15.4. The lowest BCUT2D eigenvalue weighted by atomic mass is 9.98. The number of aliphatic hydroxyl groups is 1. The van der Waals surface area contributed by atoms with Crippen LogP contribution in [0.1, 0.15) is 49.3 Å². The van der Waals surface area contributed by atoms with Gasteiger partial charge in [0.25, 0.3) is 0 Å². The molecule has 0 aliphatic rings. The first kappa shape index (κ1) is 29.5. The molecule has 37 heavy (non-hydrogen) atoms. The highest BCUT2D eigenvalue weighted by atomic mass is 16.5. The summed E-state index contributed by atoms with van der Waals surface area (Å²) in [6.45, 7) is 7.24. The molecule has 198 valence electrons. The minimum atomic E-state index is -0.649. The maximum Gasteiger partial charge on any atom is 0.306 e. The third-order valence-electron chi connectivity index (χ3n) is 5.86. The van der Waals surface area contributed by atoms with Gasteiger partial charge in [-0.05, 0) is 36.8 Å². The highest BCUT2D eigenvalue weighted by molar-refractivity contribution is 5.86. The molecule has 0 saturated carbocycles. The molecule has 0 unspecified atom stereocenters. The maximum atomic E-state index is 13.0. The normalized spacial score (nSPS) is 13.0. The van der Waals surface area contributed by atoms with Crippen LogP contribution in [0.2, 0.25) is 0 Å². The second kappa shape index (κ2) is 16.9. The van der Waals surface area contributed by atoms with E-state index in [1.807, 2.05) is 60.7 Å². The molecule has 0 fully saturated rings. The largest absolute Gasteiger partial charge is 0.456 e. The second-order valence-corrected chi connectivity index (χ2v) is 8.88. The second-order valence-electron chi connectivity index (χ2n) is 8.88. The van der Waals surface area contributed by atoms with Gasteiger partial charge in [-0.25, -0.2) is 0 Å². The third-order valence-corrected chi connectivity index (χ3v) is 5.86. The SMILES string of the molecule is C=CCCCC(=O)O[C@@H](CNC(=O)[C@@H](CC=C)CC(=O)N[C@@H](CO)Cc1ccccc1)c1ccccc1. The van der Waals surface area contributed by atoms with E-state index in [-0.39, 0.29) is 43.8 Å². The van der Waals surface area contributed by atoms with Crippen molar-refractivity contribution in [3.63, 3.8) is 0 Å². The number of esters is 1. The van der Waals surface area contributed by atoms with Gasteiger partial charge in [-0.15, -0.1) is 13.2 Å². The molecule has 3 N–H and O–H groups in total. The number of nitrogens with one attached hydrogen (secondary N) is 2. The molecule has 2 amide bonds. The summed E-state index contributed by atoms with van der Waals surface area (Å²) in [6, 6.07) is 18.3. The van der Waals surface area contributed by atoms with E-state index in [2.05, 4.69) is 23.8 Å². The molecule has 0 aromatic heterocycles. The van der Waals surface area contributed by atoms with E-state index in [9.17, 15) is 19.5 Å². The Morgan fingerprint density at radius 2 is 1.65 bits per heavy atom. The fourth-order valence-electron chi connectivity index (χ4n) is 3.90. The Labute approximate surface area is 219 Å². The first-order valence-electron chi connectivity index (χ1n) is 12.6. The van der Waals surface area contributed by atoms with Crippen LogP contribution in [0, 0.1) is 5.92 Å². The lowest BCUT2D eigenvalue weighted by Gasteiger charge is -2.22. The Bertz CT molecular complexity index is 994. The molecule has 0 aliphatic heterocycles. The number of amides is 2. The molecule has 2 rings (SSSR count). The Morgan fingerprint density at radius 1 is 0.973 bits per heavy atom. The van der Waals surface area contributed by atoms with Gasteiger partial charge < -0.3 is 20.5 Å². The number of allylic oxidation sites excluding steroid dienone is 2. The van der Waals surface area contributed by atoms with Crippen LogP contribution >= 0.6 is 0 Å². The molecule has 0 aliphatic carbocycles. The van der Waals surface area contributed by atoms with Gasteiger partial charge in [0.05, 0.1) is 25.1 Å². The van der Waals surface area contributed by atoms with Crippen LogP contribution in [0.25, 0.3) is 0 Å². The molecule has 7 nitrogen and oxygen atoms in total. The number of aliphatic hydroxyl groups excluding tert-OH is 1. The van der Waals surface area contributed by atoms with Crippen molar-refractivity contribution in [2.45, 2.75) is 50.7 Å². The zero-order valence-electron chi connectivity index (χ0n) is 21.3. The molecule has 2 aromatic rings. The standard InChI is InChI=1S/C30H38N2O5/c1-3-5-8-18-29(35)37-27(24-16-11-7-12-17-24)21-31-30(36)25(13-4-2)20-28(34)32-26(22-33)19-23-14-9-6-10-15-23/h3-4,6-7,9-12,14-17,25-27,33H,1-2,5,8,13,18-22H2,(H,31,36)(H,32,34)/t25-,26+,27-/m0/s1. The topological polar surface area (TPSA) is 105 Å². The molecular formula is C30H38N2O5. The number of benzene rings is 2. The summed E-state index contributed by atoms with van der Waals surface area (Å²) < 4.78 is 5.66. The van der Waals surface area contributed by atoms with Crippen molar-refractivity contribution in [3.8, 4) is 0 Å². The van der Waals surface area contributed by atoms with Gasteiger partial charge in [0.1, 0.15) is 6.10 Å². The average molecular weight is 507 g/mol. The van der Waals surface area contributed by atoms with Crippen LogP contribution in [0.5, 0.6) is 0 Å². The average Bonchev–Trinajstić information content (AvgIpc) is 2.91. The summed E-state index contributed by atoms with van der Waals surface area (Å²) in [6.07, 6.45) is 5.06. The summed E-state index contributed by atoms with van der Waals surface area (Å²) in [5.41, 5.74) is 1.76. The molecule has 0 heterocycles. The van der Waals surface area contributed by atoms with Gasteiger partial charge in [0.2, 0.25) is 11.8 Å². The predicted octanol–water partition coefficient (Wildman–Crippen LogP) is 4.05. The highest BCUT2D eigenvalue weighted by Crippen LogP contribution is 2.19. The van der Waals surface area contributed by atoms with E-state index in [1.54, 1.807) is 12.2 Å². The van der Waals surface area contributed by atoms with Crippen molar-refractivity contribution < 1.29 is 24.2 Å². The van der Waals surface area contributed by atoms with Gasteiger partial charge in [-0.2, -0.15) is 0 Å². The molecule has 0 saturated heterocycles. The number of carbonyl (C=O) groups is 3. The Kier molecular flexibility index (Phi) is 13.5. The van der Waals surface area contributed by atoms with Crippen LogP contribution < -0.4 is 10.6 Å².